The molecule has 0 fully saturated rings. The highest BCUT2D eigenvalue weighted by Gasteiger charge is 2.14. The maximum Gasteiger partial charge on any atom is 0.231 e. The molecule has 0 bridgehead atoms. The Morgan fingerprint density at radius 3 is 2.88 bits per heavy atom. The zero-order chi connectivity index (χ0) is 16.9. The van der Waals surface area contributed by atoms with Crippen molar-refractivity contribution in [1.82, 2.24) is 10.3 Å². The fraction of sp³-hybridized carbons (Fsp3) is 0.421. The van der Waals surface area contributed by atoms with Gasteiger partial charge in [0, 0.05) is 32.4 Å². The molecule has 5 nitrogen and oxygen atoms in total. The van der Waals surface area contributed by atoms with Gasteiger partial charge in [-0.15, -0.1) is 0 Å². The van der Waals surface area contributed by atoms with Crippen molar-refractivity contribution < 1.29 is 9.47 Å². The molecule has 1 aliphatic rings. The average Bonchev–Trinajstić information content (AvgIpc) is 3.03. The summed E-state index contributed by atoms with van der Waals surface area (Å²) in [4.78, 5) is 6.49. The van der Waals surface area contributed by atoms with Crippen molar-refractivity contribution in [2.24, 2.45) is 5.92 Å². The number of rotatable bonds is 7. The third-order valence-corrected chi connectivity index (χ3v) is 4.12. The molecule has 1 N–H and O–H groups in total. The van der Waals surface area contributed by atoms with Crippen molar-refractivity contribution in [3.63, 3.8) is 0 Å². The normalized spacial score (nSPS) is 13.8. The lowest BCUT2D eigenvalue weighted by atomic mass is 10.0. The third kappa shape index (κ3) is 3.97. The lowest BCUT2D eigenvalue weighted by Gasteiger charge is -2.17. The average molecular weight is 327 g/mol. The zero-order valence-electron chi connectivity index (χ0n) is 14.6. The van der Waals surface area contributed by atoms with E-state index in [2.05, 4.69) is 35.4 Å². The number of anilines is 1. The minimum absolute atomic E-state index is 0.329. The van der Waals surface area contributed by atoms with Gasteiger partial charge < -0.3 is 19.7 Å². The number of ether oxygens (including phenoxy) is 2. The summed E-state index contributed by atoms with van der Waals surface area (Å²) in [7, 11) is 4.04. The van der Waals surface area contributed by atoms with Crippen LogP contribution in [0, 0.1) is 5.92 Å². The van der Waals surface area contributed by atoms with Gasteiger partial charge in [-0.2, -0.15) is 0 Å². The number of nitrogens with one attached hydrogen (secondary N) is 1. The molecule has 128 valence electrons. The van der Waals surface area contributed by atoms with Gasteiger partial charge in [0.25, 0.3) is 0 Å². The summed E-state index contributed by atoms with van der Waals surface area (Å²) in [6, 6.07) is 10.3. The van der Waals surface area contributed by atoms with Crippen molar-refractivity contribution >= 4 is 5.82 Å². The maximum atomic E-state index is 5.45. The van der Waals surface area contributed by atoms with Crippen molar-refractivity contribution in [1.29, 1.82) is 0 Å². The Morgan fingerprint density at radius 1 is 1.21 bits per heavy atom. The molecule has 0 radical (unpaired) electrons. The monoisotopic (exact) mass is 327 g/mol. The summed E-state index contributed by atoms with van der Waals surface area (Å²) < 4.78 is 10.8. The van der Waals surface area contributed by atoms with E-state index in [4.69, 9.17) is 9.47 Å². The first-order valence-electron chi connectivity index (χ1n) is 8.34. The predicted octanol–water partition coefficient (Wildman–Crippen LogP) is 2.84. The molecule has 1 atom stereocenters. The quantitative estimate of drug-likeness (QED) is 0.847. The molecule has 1 aliphatic heterocycles. The molecule has 0 aliphatic carbocycles. The Bertz CT molecular complexity index is 688. The number of nitrogens with zero attached hydrogens (tertiary/aromatic N) is 2. The Labute approximate surface area is 143 Å². The molecule has 0 amide bonds. The number of benzene rings is 1. The molecule has 5 heteroatoms. The third-order valence-electron chi connectivity index (χ3n) is 4.12. The Balaban J connectivity index is 1.50. The lowest BCUT2D eigenvalue weighted by Crippen LogP contribution is -2.23. The number of fused-ring (bicyclic) bond motifs is 1. The van der Waals surface area contributed by atoms with E-state index >= 15 is 0 Å². The van der Waals surface area contributed by atoms with Crippen molar-refractivity contribution in [3.8, 4) is 11.5 Å². The van der Waals surface area contributed by atoms with Crippen molar-refractivity contribution in [3.05, 3.63) is 47.7 Å². The van der Waals surface area contributed by atoms with Crippen molar-refractivity contribution in [2.45, 2.75) is 19.9 Å². The molecule has 0 saturated carbocycles. The highest BCUT2D eigenvalue weighted by atomic mass is 16.7. The lowest BCUT2D eigenvalue weighted by molar-refractivity contribution is 0.174. The maximum absolute atomic E-state index is 5.45. The smallest absolute Gasteiger partial charge is 0.231 e. The van der Waals surface area contributed by atoms with E-state index in [9.17, 15) is 0 Å². The molecular weight excluding hydrogens is 302 g/mol. The van der Waals surface area contributed by atoms with Gasteiger partial charge in [-0.25, -0.2) is 4.98 Å². The number of pyridine rings is 1. The summed E-state index contributed by atoms with van der Waals surface area (Å²) in [5, 5.41) is 3.55. The van der Waals surface area contributed by atoms with Gasteiger partial charge in [-0.1, -0.05) is 19.1 Å². The van der Waals surface area contributed by atoms with Crippen LogP contribution in [0.2, 0.25) is 0 Å². The highest BCUT2D eigenvalue weighted by Crippen LogP contribution is 2.33. The van der Waals surface area contributed by atoms with E-state index in [-0.39, 0.29) is 0 Å². The second-order valence-corrected chi connectivity index (χ2v) is 6.51. The number of hydrogen-bond donors (Lipinski definition) is 1. The van der Waals surface area contributed by atoms with E-state index in [0.29, 0.717) is 12.7 Å². The Morgan fingerprint density at radius 2 is 2.04 bits per heavy atom. The molecule has 1 aromatic heterocycles. The largest absolute Gasteiger partial charge is 0.454 e. The van der Waals surface area contributed by atoms with E-state index in [0.717, 1.165) is 36.8 Å². The van der Waals surface area contributed by atoms with Gasteiger partial charge in [0.2, 0.25) is 6.79 Å². The highest BCUT2D eigenvalue weighted by molar-refractivity contribution is 5.45. The molecule has 3 rings (SSSR count). The van der Waals surface area contributed by atoms with Crippen LogP contribution in [-0.4, -0.2) is 32.4 Å². The SMILES string of the molecule is CC(CNCc1cccnc1N(C)C)Cc1ccc2c(c1)OCO2. The molecular formula is C19H25N3O2. The van der Waals surface area contributed by atoms with Crippen LogP contribution in [0.3, 0.4) is 0 Å². The zero-order valence-corrected chi connectivity index (χ0v) is 14.6. The van der Waals surface area contributed by atoms with Crippen LogP contribution in [0.15, 0.2) is 36.5 Å². The van der Waals surface area contributed by atoms with Crippen LogP contribution >= 0.6 is 0 Å². The minimum atomic E-state index is 0.329. The van der Waals surface area contributed by atoms with Crippen LogP contribution in [0.4, 0.5) is 5.82 Å². The fourth-order valence-corrected chi connectivity index (χ4v) is 2.97. The molecule has 0 saturated heterocycles. The van der Waals surface area contributed by atoms with Gasteiger partial charge in [-0.3, -0.25) is 0 Å². The molecule has 2 heterocycles. The topological polar surface area (TPSA) is 46.6 Å². The Hall–Kier alpha value is -2.27. The van der Waals surface area contributed by atoms with Gasteiger partial charge in [-0.05, 0) is 42.6 Å². The van der Waals surface area contributed by atoms with Gasteiger partial charge in [0.15, 0.2) is 11.5 Å². The minimum Gasteiger partial charge on any atom is -0.454 e. The predicted molar refractivity (Wildman–Crippen MR) is 95.7 cm³/mol. The summed E-state index contributed by atoms with van der Waals surface area (Å²) in [5.74, 6) is 3.26. The van der Waals surface area contributed by atoms with Crippen LogP contribution in [-0.2, 0) is 13.0 Å². The number of hydrogen-bond acceptors (Lipinski definition) is 5. The van der Waals surface area contributed by atoms with Gasteiger partial charge in [0.05, 0.1) is 0 Å². The van der Waals surface area contributed by atoms with Crippen molar-refractivity contribution in [2.75, 3.05) is 32.3 Å². The van der Waals surface area contributed by atoms with Gasteiger partial charge >= 0.3 is 0 Å². The van der Waals surface area contributed by atoms with Crippen LogP contribution in [0.1, 0.15) is 18.1 Å². The molecule has 24 heavy (non-hydrogen) atoms. The van der Waals surface area contributed by atoms with Crippen LogP contribution in [0.5, 0.6) is 11.5 Å². The summed E-state index contributed by atoms with van der Waals surface area (Å²) >= 11 is 0. The summed E-state index contributed by atoms with van der Waals surface area (Å²) in [5.41, 5.74) is 2.50. The molecule has 1 aromatic carbocycles. The molecule has 2 aromatic rings. The van der Waals surface area contributed by atoms with E-state index < -0.39 is 0 Å². The molecule has 1 unspecified atom stereocenters. The summed E-state index contributed by atoms with van der Waals surface area (Å²) in [6.07, 6.45) is 2.85. The summed E-state index contributed by atoms with van der Waals surface area (Å²) in [6.45, 7) is 4.37. The fourth-order valence-electron chi connectivity index (χ4n) is 2.97. The first kappa shape index (κ1) is 16.6. The van der Waals surface area contributed by atoms with Gasteiger partial charge in [0.1, 0.15) is 5.82 Å². The van der Waals surface area contributed by atoms with E-state index in [1.165, 1.54) is 11.1 Å². The first-order valence-corrected chi connectivity index (χ1v) is 8.34. The second-order valence-electron chi connectivity index (χ2n) is 6.51. The van der Waals surface area contributed by atoms with Crippen LogP contribution < -0.4 is 19.7 Å². The Kier molecular flexibility index (Phi) is 5.20. The van der Waals surface area contributed by atoms with E-state index in [1.54, 1.807) is 0 Å². The molecule has 0 spiro atoms. The van der Waals surface area contributed by atoms with E-state index in [1.807, 2.05) is 37.3 Å². The number of aromatic nitrogens is 1. The first-order chi connectivity index (χ1) is 11.6. The second kappa shape index (κ2) is 7.53. The standard InChI is InChI=1S/C19H25N3O2/c1-14(9-15-6-7-17-18(10-15)24-13-23-17)11-20-12-16-5-4-8-21-19(16)22(2)3/h4-8,10,14,20H,9,11-13H2,1-3H3. The van der Waals surface area contributed by atoms with Crippen LogP contribution in [0.25, 0.3) is 0 Å².